The number of nitrogens with one attached hydrogen (secondary N) is 1. The number of rotatable bonds is 2. The Labute approximate surface area is 142 Å². The second-order valence-electron chi connectivity index (χ2n) is 8.50. The van der Waals surface area contributed by atoms with Gasteiger partial charge in [-0.2, -0.15) is 0 Å². The van der Waals surface area contributed by atoms with Gasteiger partial charge in [0.2, 0.25) is 0 Å². The lowest BCUT2D eigenvalue weighted by molar-refractivity contribution is 0.161. The average Bonchev–Trinajstić information content (AvgIpc) is 3.07. The molecule has 0 amide bonds. The molecule has 4 heterocycles. The van der Waals surface area contributed by atoms with Crippen LogP contribution in [0, 0.1) is 17.8 Å². The third-order valence-corrected chi connectivity index (χ3v) is 6.78. The summed E-state index contributed by atoms with van der Waals surface area (Å²) in [5.74, 6) is 2.38. The van der Waals surface area contributed by atoms with Crippen LogP contribution in [0.2, 0.25) is 0 Å². The smallest absolute Gasteiger partial charge is 0.255 e. The van der Waals surface area contributed by atoms with Crippen molar-refractivity contribution in [1.29, 1.82) is 0 Å². The van der Waals surface area contributed by atoms with E-state index in [-0.39, 0.29) is 11.7 Å². The van der Waals surface area contributed by atoms with E-state index in [9.17, 15) is 9.90 Å². The van der Waals surface area contributed by atoms with Gasteiger partial charge in [0.1, 0.15) is 0 Å². The Morgan fingerprint density at radius 2 is 1.88 bits per heavy atom. The Bertz CT molecular complexity index is 686. The Balaban J connectivity index is 1.37. The molecule has 5 rings (SSSR count). The van der Waals surface area contributed by atoms with Crippen LogP contribution in [0.5, 0.6) is 0 Å². The van der Waals surface area contributed by atoms with Gasteiger partial charge in [0.25, 0.3) is 5.56 Å². The van der Waals surface area contributed by atoms with Crippen molar-refractivity contribution in [2.24, 2.45) is 17.8 Å². The molecule has 1 aliphatic carbocycles. The monoisotopic (exact) mass is 329 g/mol. The van der Waals surface area contributed by atoms with Crippen LogP contribution in [0.1, 0.15) is 36.4 Å². The van der Waals surface area contributed by atoms with Crippen molar-refractivity contribution in [2.45, 2.75) is 44.4 Å². The van der Waals surface area contributed by atoms with Gasteiger partial charge in [-0.25, -0.2) is 0 Å². The van der Waals surface area contributed by atoms with E-state index in [2.05, 4.69) is 26.9 Å². The van der Waals surface area contributed by atoms with Gasteiger partial charge in [0.05, 0.1) is 6.10 Å². The molecule has 2 bridgehead atoms. The summed E-state index contributed by atoms with van der Waals surface area (Å²) in [4.78, 5) is 15.4. The topological polar surface area (TPSA) is 57.5 Å². The van der Waals surface area contributed by atoms with Gasteiger partial charge in [-0.05, 0) is 49.6 Å². The van der Waals surface area contributed by atoms with Crippen molar-refractivity contribution in [3.63, 3.8) is 0 Å². The summed E-state index contributed by atoms with van der Waals surface area (Å²) in [7, 11) is 0. The van der Waals surface area contributed by atoms with Crippen molar-refractivity contribution in [3.05, 3.63) is 33.7 Å². The highest BCUT2D eigenvalue weighted by molar-refractivity contribution is 5.22. The Hall–Kier alpha value is -1.17. The minimum Gasteiger partial charge on any atom is -0.393 e. The fourth-order valence-corrected chi connectivity index (χ4v) is 5.69. The van der Waals surface area contributed by atoms with Gasteiger partial charge >= 0.3 is 0 Å². The first-order valence-electron chi connectivity index (χ1n) is 9.51. The highest BCUT2D eigenvalue weighted by Gasteiger charge is 2.40. The Morgan fingerprint density at radius 3 is 2.67 bits per heavy atom. The molecule has 5 nitrogen and oxygen atoms in total. The van der Waals surface area contributed by atoms with Gasteiger partial charge in [-0.1, -0.05) is 6.07 Å². The highest BCUT2D eigenvalue weighted by Crippen LogP contribution is 2.38. The van der Waals surface area contributed by atoms with Crippen LogP contribution in [0.25, 0.3) is 0 Å². The molecule has 1 saturated carbocycles. The van der Waals surface area contributed by atoms with Gasteiger partial charge in [-0.3, -0.25) is 9.69 Å². The number of aliphatic hydroxyl groups excluding tert-OH is 1. The van der Waals surface area contributed by atoms with E-state index in [0.717, 1.165) is 57.7 Å². The van der Waals surface area contributed by atoms with Crippen LogP contribution >= 0.6 is 0 Å². The lowest BCUT2D eigenvalue weighted by Crippen LogP contribution is -2.45. The first-order chi connectivity index (χ1) is 11.7. The summed E-state index contributed by atoms with van der Waals surface area (Å²) < 4.78 is 2.07. The van der Waals surface area contributed by atoms with Crippen LogP contribution in [0.15, 0.2) is 16.9 Å². The standard InChI is InChI=1S/C19H27N3O2/c23-17-4-15-10-21(11-16(15)5-17)9-13-1-2-18-14-3-12(6-20-7-14)8-22(18)19(13)24/h1-2,12,14-17,20,23H,3-11H2/t12-,14+,15-,16+,17?/m0/s1. The average molecular weight is 329 g/mol. The molecule has 4 aliphatic rings. The fourth-order valence-electron chi connectivity index (χ4n) is 5.69. The zero-order valence-corrected chi connectivity index (χ0v) is 14.2. The molecule has 3 aliphatic heterocycles. The predicted octanol–water partition coefficient (Wildman–Crippen LogP) is 0.758. The van der Waals surface area contributed by atoms with Gasteiger partial charge in [-0.15, -0.1) is 0 Å². The van der Waals surface area contributed by atoms with Crippen molar-refractivity contribution in [3.8, 4) is 0 Å². The summed E-state index contributed by atoms with van der Waals surface area (Å²) in [5, 5.41) is 13.3. The summed E-state index contributed by atoms with van der Waals surface area (Å²) >= 11 is 0. The normalized spacial score (nSPS) is 38.1. The van der Waals surface area contributed by atoms with Gasteiger partial charge in [0, 0.05) is 49.9 Å². The minimum atomic E-state index is -0.0930. The SMILES string of the molecule is O=c1c(CN2C[C@H]3CC(O)C[C@H]3C2)ccc2n1C[C@@H]1CNC[C@H]2C1. The number of fused-ring (bicyclic) bond motifs is 5. The van der Waals surface area contributed by atoms with Gasteiger partial charge in [0.15, 0.2) is 0 Å². The molecule has 2 saturated heterocycles. The molecule has 24 heavy (non-hydrogen) atoms. The van der Waals surface area contributed by atoms with Gasteiger partial charge < -0.3 is 15.0 Å². The molecule has 1 aromatic rings. The molecule has 1 aromatic heterocycles. The molecular formula is C19H27N3O2. The number of likely N-dealkylation sites (tertiary alicyclic amines) is 1. The first kappa shape index (κ1) is 15.1. The van der Waals surface area contributed by atoms with E-state index in [1.807, 2.05) is 0 Å². The number of hydrogen-bond donors (Lipinski definition) is 2. The van der Waals surface area contributed by atoms with E-state index in [0.29, 0.717) is 23.7 Å². The number of pyridine rings is 1. The maximum absolute atomic E-state index is 13.0. The number of piperidine rings is 1. The van der Waals surface area contributed by atoms with Crippen molar-refractivity contribution >= 4 is 0 Å². The zero-order valence-electron chi connectivity index (χ0n) is 14.2. The van der Waals surface area contributed by atoms with Crippen LogP contribution in [0.3, 0.4) is 0 Å². The number of nitrogens with zero attached hydrogens (tertiary/aromatic N) is 2. The van der Waals surface area contributed by atoms with E-state index >= 15 is 0 Å². The minimum absolute atomic E-state index is 0.0930. The molecule has 0 aromatic carbocycles. The molecule has 5 atom stereocenters. The molecule has 1 unspecified atom stereocenters. The summed E-state index contributed by atoms with van der Waals surface area (Å²) in [5.41, 5.74) is 2.42. The van der Waals surface area contributed by atoms with Crippen LogP contribution in [-0.4, -0.2) is 46.9 Å². The summed E-state index contributed by atoms with van der Waals surface area (Å²) in [6, 6.07) is 4.28. The highest BCUT2D eigenvalue weighted by atomic mass is 16.3. The molecule has 130 valence electrons. The molecule has 0 radical (unpaired) electrons. The third-order valence-electron chi connectivity index (χ3n) is 6.78. The summed E-state index contributed by atoms with van der Waals surface area (Å²) in [6.45, 7) is 5.78. The maximum atomic E-state index is 13.0. The predicted molar refractivity (Wildman–Crippen MR) is 91.9 cm³/mol. The number of aliphatic hydroxyl groups is 1. The Kier molecular flexibility index (Phi) is 3.58. The van der Waals surface area contributed by atoms with E-state index < -0.39 is 0 Å². The molecule has 0 spiro atoms. The second kappa shape index (κ2) is 5.68. The van der Waals surface area contributed by atoms with E-state index in [4.69, 9.17) is 0 Å². The second-order valence-corrected chi connectivity index (χ2v) is 8.50. The quantitative estimate of drug-likeness (QED) is 0.841. The zero-order chi connectivity index (χ0) is 16.3. The number of aromatic nitrogens is 1. The third kappa shape index (κ3) is 2.45. The molecule has 2 N–H and O–H groups in total. The fraction of sp³-hybridized carbons (Fsp3) is 0.737. The van der Waals surface area contributed by atoms with Crippen molar-refractivity contribution < 1.29 is 5.11 Å². The van der Waals surface area contributed by atoms with E-state index in [1.54, 1.807) is 0 Å². The van der Waals surface area contributed by atoms with Crippen LogP contribution in [-0.2, 0) is 13.1 Å². The molecule has 5 heteroatoms. The lowest BCUT2D eigenvalue weighted by atomic mass is 9.84. The molecular weight excluding hydrogens is 302 g/mol. The summed E-state index contributed by atoms with van der Waals surface area (Å²) in [6.07, 6.45) is 3.02. The first-order valence-corrected chi connectivity index (χ1v) is 9.51. The van der Waals surface area contributed by atoms with Crippen LogP contribution in [0.4, 0.5) is 0 Å². The van der Waals surface area contributed by atoms with Crippen molar-refractivity contribution in [1.82, 2.24) is 14.8 Å². The lowest BCUT2D eigenvalue weighted by Gasteiger charge is -2.37. The van der Waals surface area contributed by atoms with Crippen LogP contribution < -0.4 is 10.9 Å². The molecule has 3 fully saturated rings. The maximum Gasteiger partial charge on any atom is 0.255 e. The largest absolute Gasteiger partial charge is 0.393 e. The van der Waals surface area contributed by atoms with E-state index in [1.165, 1.54) is 12.1 Å². The number of hydrogen-bond acceptors (Lipinski definition) is 4. The van der Waals surface area contributed by atoms with Crippen molar-refractivity contribution in [2.75, 3.05) is 26.2 Å². The Morgan fingerprint density at radius 1 is 1.08 bits per heavy atom.